The van der Waals surface area contributed by atoms with E-state index in [2.05, 4.69) is 0 Å². The highest BCUT2D eigenvalue weighted by Gasteiger charge is 2.30. The maximum Gasteiger partial charge on any atom is 0.415 e. The van der Waals surface area contributed by atoms with Crippen LogP contribution in [0.15, 0.2) is 24.3 Å². The fraction of sp³-hybridized carbons (Fsp3) is 0.429. The van der Waals surface area contributed by atoms with E-state index in [1.807, 2.05) is 0 Å². The van der Waals surface area contributed by atoms with Crippen LogP contribution >= 0.6 is 11.6 Å². The molecule has 1 atom stereocenters. The summed E-state index contributed by atoms with van der Waals surface area (Å²) in [4.78, 5) is 25.2. The van der Waals surface area contributed by atoms with Gasteiger partial charge in [-0.2, -0.15) is 0 Å². The van der Waals surface area contributed by atoms with Crippen molar-refractivity contribution in [3.8, 4) is 5.75 Å². The summed E-state index contributed by atoms with van der Waals surface area (Å²) < 4.78 is 5.21. The number of carbonyl (C=O) groups is 2. The van der Waals surface area contributed by atoms with Crippen LogP contribution in [0.5, 0.6) is 5.75 Å². The van der Waals surface area contributed by atoms with Gasteiger partial charge in [0, 0.05) is 13.5 Å². The molecule has 102 valence electrons. The molecule has 0 heterocycles. The molecule has 0 saturated heterocycles. The summed E-state index contributed by atoms with van der Waals surface area (Å²) in [6.45, 7) is 0. The maximum atomic E-state index is 12.0. The molecule has 0 spiro atoms. The van der Waals surface area contributed by atoms with Crippen molar-refractivity contribution in [3.63, 3.8) is 0 Å². The number of Topliss-reactive ketones (excluding diaryl/α,β-unsaturated/α-hetero) is 1. The molecule has 1 aromatic rings. The maximum absolute atomic E-state index is 12.0. The Morgan fingerprint density at radius 3 is 2.79 bits per heavy atom. The van der Waals surface area contributed by atoms with Crippen molar-refractivity contribution >= 4 is 23.5 Å². The Morgan fingerprint density at radius 2 is 2.11 bits per heavy atom. The van der Waals surface area contributed by atoms with E-state index in [4.69, 9.17) is 16.3 Å². The van der Waals surface area contributed by atoms with Crippen molar-refractivity contribution in [2.24, 2.45) is 0 Å². The van der Waals surface area contributed by atoms with Gasteiger partial charge < -0.3 is 9.64 Å². The fourth-order valence-electron chi connectivity index (χ4n) is 2.19. The molecule has 0 aromatic heterocycles. The van der Waals surface area contributed by atoms with Gasteiger partial charge in [-0.3, -0.25) is 4.79 Å². The summed E-state index contributed by atoms with van der Waals surface area (Å²) in [5.41, 5.74) is 0. The molecule has 2 rings (SSSR count). The third-order valence-electron chi connectivity index (χ3n) is 3.31. The highest BCUT2D eigenvalue weighted by Crippen LogP contribution is 2.25. The molecule has 4 nitrogen and oxygen atoms in total. The summed E-state index contributed by atoms with van der Waals surface area (Å²) in [6.07, 6.45) is 2.55. The van der Waals surface area contributed by atoms with Crippen LogP contribution in [0.3, 0.4) is 0 Å². The lowest BCUT2D eigenvalue weighted by molar-refractivity contribution is -0.124. The minimum Gasteiger partial charge on any atom is -0.409 e. The van der Waals surface area contributed by atoms with E-state index in [1.54, 1.807) is 31.3 Å². The number of carbonyl (C=O) groups excluding carboxylic acids is 2. The summed E-state index contributed by atoms with van der Waals surface area (Å²) in [7, 11) is 1.59. The van der Waals surface area contributed by atoms with Crippen LogP contribution in [0, 0.1) is 0 Å². The third kappa shape index (κ3) is 3.26. The molecule has 1 fully saturated rings. The summed E-state index contributed by atoms with van der Waals surface area (Å²) in [6, 6.07) is 6.39. The van der Waals surface area contributed by atoms with E-state index < -0.39 is 6.09 Å². The lowest BCUT2D eigenvalue weighted by Gasteiger charge is -2.29. The number of amides is 1. The number of ether oxygens (including phenoxy) is 1. The van der Waals surface area contributed by atoms with Gasteiger partial charge in [-0.1, -0.05) is 30.2 Å². The van der Waals surface area contributed by atoms with Crippen molar-refractivity contribution in [1.82, 2.24) is 4.90 Å². The Balaban J connectivity index is 2.03. The SMILES string of the molecule is CN(C(=O)Oc1ccccc1Cl)C1CCCCC1=O. The first-order valence-electron chi connectivity index (χ1n) is 6.31. The molecule has 0 N–H and O–H groups in total. The first-order chi connectivity index (χ1) is 9.09. The van der Waals surface area contributed by atoms with Gasteiger partial charge in [-0.15, -0.1) is 0 Å². The molecule has 0 bridgehead atoms. The number of nitrogens with zero attached hydrogens (tertiary/aromatic N) is 1. The minimum atomic E-state index is -0.548. The monoisotopic (exact) mass is 281 g/mol. The van der Waals surface area contributed by atoms with Crippen LogP contribution in [-0.4, -0.2) is 29.9 Å². The second kappa shape index (κ2) is 6.06. The Morgan fingerprint density at radius 1 is 1.37 bits per heavy atom. The molecule has 0 radical (unpaired) electrons. The summed E-state index contributed by atoms with van der Waals surface area (Å²) in [5.74, 6) is 0.411. The lowest BCUT2D eigenvalue weighted by Crippen LogP contribution is -2.45. The van der Waals surface area contributed by atoms with Gasteiger partial charge in [-0.05, 0) is 25.0 Å². The Kier molecular flexibility index (Phi) is 4.43. The Bertz CT molecular complexity index is 489. The van der Waals surface area contributed by atoms with Gasteiger partial charge in [-0.25, -0.2) is 4.79 Å². The molecule has 5 heteroatoms. The van der Waals surface area contributed by atoms with E-state index in [9.17, 15) is 9.59 Å². The fourth-order valence-corrected chi connectivity index (χ4v) is 2.37. The molecule has 1 unspecified atom stereocenters. The number of hydrogen-bond donors (Lipinski definition) is 0. The zero-order chi connectivity index (χ0) is 13.8. The van der Waals surface area contributed by atoms with Gasteiger partial charge >= 0.3 is 6.09 Å². The normalized spacial score (nSPS) is 19.1. The van der Waals surface area contributed by atoms with Gasteiger partial charge in [0.1, 0.15) is 0 Å². The van der Waals surface area contributed by atoms with Crippen molar-refractivity contribution < 1.29 is 14.3 Å². The second-order valence-corrected chi connectivity index (χ2v) is 5.04. The Hall–Kier alpha value is -1.55. The summed E-state index contributed by atoms with van der Waals surface area (Å²) >= 11 is 5.92. The van der Waals surface area contributed by atoms with Crippen LogP contribution < -0.4 is 4.74 Å². The third-order valence-corrected chi connectivity index (χ3v) is 3.62. The molecule has 19 heavy (non-hydrogen) atoms. The predicted molar refractivity (Wildman–Crippen MR) is 72.5 cm³/mol. The minimum absolute atomic E-state index is 0.102. The number of likely N-dealkylation sites (N-methyl/N-ethyl adjacent to an activating group) is 1. The first-order valence-corrected chi connectivity index (χ1v) is 6.69. The van der Waals surface area contributed by atoms with Gasteiger partial charge in [0.15, 0.2) is 11.5 Å². The number of hydrogen-bond acceptors (Lipinski definition) is 3. The lowest BCUT2D eigenvalue weighted by atomic mass is 9.93. The zero-order valence-electron chi connectivity index (χ0n) is 10.8. The number of para-hydroxylation sites is 1. The van der Waals surface area contributed by atoms with E-state index in [1.165, 1.54) is 4.90 Å². The largest absolute Gasteiger partial charge is 0.415 e. The van der Waals surface area contributed by atoms with Crippen LogP contribution in [0.2, 0.25) is 5.02 Å². The molecule has 1 amide bonds. The topological polar surface area (TPSA) is 46.6 Å². The highest BCUT2D eigenvalue weighted by molar-refractivity contribution is 6.32. The summed E-state index contributed by atoms with van der Waals surface area (Å²) in [5, 5.41) is 0.374. The quantitative estimate of drug-likeness (QED) is 0.836. The van der Waals surface area contributed by atoms with Gasteiger partial charge in [0.2, 0.25) is 0 Å². The molecule has 0 aliphatic heterocycles. The van der Waals surface area contributed by atoms with Crippen LogP contribution in [0.1, 0.15) is 25.7 Å². The second-order valence-electron chi connectivity index (χ2n) is 4.64. The predicted octanol–water partition coefficient (Wildman–Crippen LogP) is 3.28. The molecule has 1 aliphatic rings. The van der Waals surface area contributed by atoms with Crippen molar-refractivity contribution in [2.75, 3.05) is 7.05 Å². The average molecular weight is 282 g/mol. The van der Waals surface area contributed by atoms with Gasteiger partial charge in [0.05, 0.1) is 11.1 Å². The van der Waals surface area contributed by atoms with Crippen LogP contribution in [-0.2, 0) is 4.79 Å². The molecule has 1 aromatic carbocycles. The number of ketones is 1. The van der Waals surface area contributed by atoms with Crippen LogP contribution in [0.25, 0.3) is 0 Å². The number of benzene rings is 1. The highest BCUT2D eigenvalue weighted by atomic mass is 35.5. The molecule has 1 saturated carbocycles. The number of halogens is 1. The zero-order valence-corrected chi connectivity index (χ0v) is 11.5. The van der Waals surface area contributed by atoms with E-state index in [-0.39, 0.29) is 11.8 Å². The first kappa shape index (κ1) is 13.9. The van der Waals surface area contributed by atoms with Crippen molar-refractivity contribution in [2.45, 2.75) is 31.7 Å². The van der Waals surface area contributed by atoms with E-state index >= 15 is 0 Å². The molecule has 1 aliphatic carbocycles. The van der Waals surface area contributed by atoms with Crippen LogP contribution in [0.4, 0.5) is 4.79 Å². The molecular formula is C14H16ClNO3. The standard InChI is InChI=1S/C14H16ClNO3/c1-16(11-7-3-4-8-12(11)17)14(18)19-13-9-5-2-6-10(13)15/h2,5-6,9,11H,3-4,7-8H2,1H3. The smallest absolute Gasteiger partial charge is 0.409 e. The molecular weight excluding hydrogens is 266 g/mol. The van der Waals surface area contributed by atoms with Crippen molar-refractivity contribution in [3.05, 3.63) is 29.3 Å². The average Bonchev–Trinajstić information content (AvgIpc) is 2.41. The van der Waals surface area contributed by atoms with E-state index in [0.717, 1.165) is 12.8 Å². The van der Waals surface area contributed by atoms with E-state index in [0.29, 0.717) is 23.6 Å². The Labute approximate surface area is 117 Å². The van der Waals surface area contributed by atoms with Gasteiger partial charge in [0.25, 0.3) is 0 Å². The van der Waals surface area contributed by atoms with Crippen molar-refractivity contribution in [1.29, 1.82) is 0 Å². The number of rotatable bonds is 2.